The van der Waals surface area contributed by atoms with Crippen LogP contribution in [0.3, 0.4) is 0 Å². The summed E-state index contributed by atoms with van der Waals surface area (Å²) in [5.41, 5.74) is -0.378. The van der Waals surface area contributed by atoms with E-state index in [0.717, 1.165) is 42.2 Å². The fourth-order valence-corrected chi connectivity index (χ4v) is 7.36. The number of halogens is 2. The predicted molar refractivity (Wildman–Crippen MR) is 125 cm³/mol. The number of ether oxygens (including phenoxy) is 1. The van der Waals surface area contributed by atoms with Gasteiger partial charge in [-0.3, -0.25) is 14.4 Å². The Labute approximate surface area is 202 Å². The first-order chi connectivity index (χ1) is 15.5. The summed E-state index contributed by atoms with van der Waals surface area (Å²) in [5.74, 6) is -0.760. The second kappa shape index (κ2) is 8.97. The number of aliphatic hydroxyl groups is 1. The van der Waals surface area contributed by atoms with Crippen molar-refractivity contribution in [3.63, 3.8) is 0 Å². The smallest absolute Gasteiger partial charge is 0.313 e. The van der Waals surface area contributed by atoms with Gasteiger partial charge in [0.2, 0.25) is 5.12 Å². The molecule has 0 radical (unpaired) electrons. The first-order valence-corrected chi connectivity index (χ1v) is 13.0. The van der Waals surface area contributed by atoms with Crippen molar-refractivity contribution < 1.29 is 28.6 Å². The van der Waals surface area contributed by atoms with Gasteiger partial charge in [0.05, 0.1) is 17.9 Å². The molecule has 0 saturated heterocycles. The minimum atomic E-state index is -1.45. The first-order valence-electron chi connectivity index (χ1n) is 11.4. The van der Waals surface area contributed by atoms with E-state index < -0.39 is 34.7 Å². The van der Waals surface area contributed by atoms with Crippen molar-refractivity contribution in [2.24, 2.45) is 22.7 Å². The third kappa shape index (κ3) is 4.25. The molecule has 4 aliphatic rings. The molecule has 4 rings (SSSR count). The maximum atomic E-state index is 16.8. The number of hydrogen-bond acceptors (Lipinski definition) is 6. The van der Waals surface area contributed by atoms with Crippen LogP contribution in [0.5, 0.6) is 0 Å². The Bertz CT molecular complexity index is 960. The highest BCUT2D eigenvalue weighted by molar-refractivity contribution is 8.14. The number of allylic oxidation sites excluding steroid dienone is 5. The summed E-state index contributed by atoms with van der Waals surface area (Å²) in [6.07, 6.45) is 8.44. The van der Waals surface area contributed by atoms with E-state index in [2.05, 4.69) is 6.92 Å². The van der Waals surface area contributed by atoms with Crippen LogP contribution in [0.4, 0.5) is 4.39 Å². The maximum absolute atomic E-state index is 16.8. The summed E-state index contributed by atoms with van der Waals surface area (Å²) in [6.45, 7) is 4.12. The largest absolute Gasteiger partial charge is 0.434 e. The van der Waals surface area contributed by atoms with Crippen LogP contribution in [0, 0.1) is 22.7 Å². The number of carbonyl (C=O) groups excluding carboxylic acids is 3. The topological polar surface area (TPSA) is 80.7 Å². The fourth-order valence-electron chi connectivity index (χ4n) is 6.65. The monoisotopic (exact) mass is 496 g/mol. The number of carbonyl (C=O) groups is 3. The quantitative estimate of drug-likeness (QED) is 0.327. The van der Waals surface area contributed by atoms with Crippen molar-refractivity contribution >= 4 is 40.2 Å². The number of fused-ring (bicyclic) bond motifs is 5. The zero-order valence-electron chi connectivity index (χ0n) is 18.9. The van der Waals surface area contributed by atoms with Crippen LogP contribution < -0.4 is 0 Å². The van der Waals surface area contributed by atoms with E-state index in [4.69, 9.17) is 16.3 Å². The number of aliphatic hydroxyl groups excluding tert-OH is 1. The van der Waals surface area contributed by atoms with E-state index in [1.54, 1.807) is 12.2 Å². The van der Waals surface area contributed by atoms with Crippen LogP contribution >= 0.6 is 23.4 Å². The molecule has 0 aromatic carbocycles. The van der Waals surface area contributed by atoms with Crippen LogP contribution in [0.15, 0.2) is 35.6 Å². The van der Waals surface area contributed by atoms with Gasteiger partial charge in [-0.25, -0.2) is 4.39 Å². The molecule has 0 heterocycles. The molecule has 4 aliphatic carbocycles. The van der Waals surface area contributed by atoms with Gasteiger partial charge in [0, 0.05) is 5.41 Å². The Morgan fingerprint density at radius 2 is 2.12 bits per heavy atom. The van der Waals surface area contributed by atoms with Crippen LogP contribution in [0.2, 0.25) is 0 Å². The number of rotatable bonds is 5. The fraction of sp³-hybridized carbons (Fsp3) is 0.640. The number of ketones is 1. The Kier molecular flexibility index (Phi) is 6.71. The molecule has 1 N–H and O–H groups in total. The molecule has 33 heavy (non-hydrogen) atoms. The molecule has 5 nitrogen and oxygen atoms in total. The van der Waals surface area contributed by atoms with E-state index in [0.29, 0.717) is 19.3 Å². The van der Waals surface area contributed by atoms with E-state index in [1.165, 1.54) is 12.3 Å². The molecule has 3 fully saturated rings. The molecule has 0 amide bonds. The van der Waals surface area contributed by atoms with Crippen molar-refractivity contribution in [1.29, 1.82) is 0 Å². The second-order valence-electron chi connectivity index (χ2n) is 10.3. The maximum Gasteiger partial charge on any atom is 0.313 e. The van der Waals surface area contributed by atoms with Gasteiger partial charge in [0.15, 0.2) is 5.78 Å². The molecule has 6 atom stereocenters. The molecular formula is C25H30ClFO5S. The van der Waals surface area contributed by atoms with Gasteiger partial charge in [-0.1, -0.05) is 30.3 Å². The number of esters is 1. The summed E-state index contributed by atoms with van der Waals surface area (Å²) in [4.78, 5) is 35.6. The van der Waals surface area contributed by atoms with Crippen LogP contribution in [-0.4, -0.2) is 39.0 Å². The lowest BCUT2D eigenvalue weighted by atomic mass is 9.47. The molecule has 3 saturated carbocycles. The molecule has 180 valence electrons. The van der Waals surface area contributed by atoms with E-state index in [-0.39, 0.29) is 28.2 Å². The lowest BCUT2D eigenvalue weighted by molar-refractivity contribution is -0.142. The third-order valence-corrected chi connectivity index (χ3v) is 9.47. The number of thioether (sulfide) groups is 1. The van der Waals surface area contributed by atoms with Crippen molar-refractivity contribution in [3.8, 4) is 0 Å². The van der Waals surface area contributed by atoms with Gasteiger partial charge in [-0.2, -0.15) is 0 Å². The number of hydrogen-bond donors (Lipinski definition) is 1. The summed E-state index contributed by atoms with van der Waals surface area (Å²) in [5, 5.41) is 9.24. The van der Waals surface area contributed by atoms with Gasteiger partial charge in [-0.05, 0) is 80.4 Å². The van der Waals surface area contributed by atoms with Crippen molar-refractivity contribution in [2.45, 2.75) is 70.6 Å². The lowest BCUT2D eigenvalue weighted by Crippen LogP contribution is -2.59. The zero-order valence-corrected chi connectivity index (χ0v) is 20.5. The summed E-state index contributed by atoms with van der Waals surface area (Å²) in [7, 11) is 0. The summed E-state index contributed by atoms with van der Waals surface area (Å²) < 4.78 is 22.1. The summed E-state index contributed by atoms with van der Waals surface area (Å²) >= 11 is 6.21. The van der Waals surface area contributed by atoms with E-state index in [1.807, 2.05) is 6.92 Å². The van der Waals surface area contributed by atoms with E-state index in [9.17, 15) is 19.5 Å². The van der Waals surface area contributed by atoms with Gasteiger partial charge >= 0.3 is 5.97 Å². The predicted octanol–water partition coefficient (Wildman–Crippen LogP) is 5.02. The van der Waals surface area contributed by atoms with E-state index >= 15 is 4.39 Å². The standard InChI is InChI=1S/C25H30ClFO5S/c1-23-7-8-25(27)18(4-3-16-10-17(28)5-6-24(16,25)2)19(23)9-15(12-23)13-32-21(30)11-20(29)22(31)33-14-26/h5-6,10,13,18-20,29H,3-4,7-9,11-12,14H2,1-2H3/t18-,19-,20?,23+,24-,25+/m0/s1. The molecule has 0 aromatic rings. The average Bonchev–Trinajstić information content (AvgIpc) is 3.10. The Hall–Kier alpha value is -1.44. The first kappa shape index (κ1) is 24.7. The van der Waals surface area contributed by atoms with Gasteiger partial charge < -0.3 is 9.84 Å². The van der Waals surface area contributed by atoms with Crippen LogP contribution in [-0.2, 0) is 19.1 Å². The Morgan fingerprint density at radius 3 is 2.85 bits per heavy atom. The molecule has 8 heteroatoms. The minimum Gasteiger partial charge on any atom is -0.434 e. The molecule has 0 spiro atoms. The SMILES string of the molecule is C[C@]12CC[C@@]3(F)[C@@H](CCC4=CC(=O)C=C[C@@]43C)[C@@H]1CC(=COC(=O)CC(O)C(=O)SCCl)C2. The lowest BCUT2D eigenvalue weighted by Gasteiger charge is -2.59. The highest BCUT2D eigenvalue weighted by atomic mass is 35.5. The normalized spacial score (nSPS) is 39.4. The highest BCUT2D eigenvalue weighted by Gasteiger charge is 2.65. The second-order valence-corrected chi connectivity index (χ2v) is 11.9. The molecule has 0 aromatic heterocycles. The summed E-state index contributed by atoms with van der Waals surface area (Å²) in [6, 6.07) is 0. The molecule has 1 unspecified atom stereocenters. The molecule has 0 aliphatic heterocycles. The third-order valence-electron chi connectivity index (χ3n) is 8.48. The van der Waals surface area contributed by atoms with Gasteiger partial charge in [0.1, 0.15) is 11.8 Å². The van der Waals surface area contributed by atoms with Crippen molar-refractivity contribution in [2.75, 3.05) is 5.21 Å². The van der Waals surface area contributed by atoms with Crippen molar-refractivity contribution in [3.05, 3.63) is 35.6 Å². The van der Waals surface area contributed by atoms with Crippen LogP contribution in [0.25, 0.3) is 0 Å². The average molecular weight is 497 g/mol. The van der Waals surface area contributed by atoms with Crippen LogP contribution in [0.1, 0.15) is 58.8 Å². The van der Waals surface area contributed by atoms with Crippen molar-refractivity contribution in [1.82, 2.24) is 0 Å². The van der Waals surface area contributed by atoms with Gasteiger partial charge in [-0.15, -0.1) is 11.6 Å². The zero-order chi connectivity index (χ0) is 24.0. The molecule has 0 bridgehead atoms. The Morgan fingerprint density at radius 1 is 1.36 bits per heavy atom. The highest BCUT2D eigenvalue weighted by Crippen LogP contribution is 2.68. The van der Waals surface area contributed by atoms with Gasteiger partial charge in [0.25, 0.3) is 0 Å². The molecular weight excluding hydrogens is 467 g/mol. The Balaban J connectivity index is 1.47. The number of alkyl halides is 2. The minimum absolute atomic E-state index is 0.00855.